The number of ether oxygens (including phenoxy) is 1. The largest absolute Gasteiger partial charge is 0.477 e. The number of fused-ring (bicyclic) bond motifs is 5. The summed E-state index contributed by atoms with van der Waals surface area (Å²) < 4.78 is 9.80. The predicted molar refractivity (Wildman–Crippen MR) is 123 cm³/mol. The molecule has 0 aliphatic carbocycles. The third-order valence-electron chi connectivity index (χ3n) is 6.27. The van der Waals surface area contributed by atoms with Crippen LogP contribution in [0.5, 0.6) is 5.88 Å². The van der Waals surface area contributed by atoms with Crippen LogP contribution in [0.4, 0.5) is 17.5 Å². The van der Waals surface area contributed by atoms with Crippen LogP contribution in [0.15, 0.2) is 30.7 Å². The molecule has 33 heavy (non-hydrogen) atoms. The molecule has 1 fully saturated rings. The fraction of sp³-hybridized carbons (Fsp3) is 0.409. The van der Waals surface area contributed by atoms with Crippen LogP contribution in [-0.2, 0) is 13.6 Å². The Morgan fingerprint density at radius 3 is 3.03 bits per heavy atom. The first-order chi connectivity index (χ1) is 16.2. The minimum atomic E-state index is 0.0921. The highest BCUT2D eigenvalue weighted by atomic mass is 16.5. The molecule has 0 radical (unpaired) electrons. The van der Waals surface area contributed by atoms with Crippen molar-refractivity contribution in [2.45, 2.75) is 31.8 Å². The molecule has 4 bridgehead atoms. The highest BCUT2D eigenvalue weighted by Crippen LogP contribution is 2.33. The monoisotopic (exact) mass is 447 g/mol. The van der Waals surface area contributed by atoms with Crippen LogP contribution in [0.3, 0.4) is 0 Å². The summed E-state index contributed by atoms with van der Waals surface area (Å²) in [5, 5.41) is 23.4. The summed E-state index contributed by atoms with van der Waals surface area (Å²) in [4.78, 5) is 15.9. The molecule has 1 atom stereocenters. The fourth-order valence-electron chi connectivity index (χ4n) is 4.63. The van der Waals surface area contributed by atoms with E-state index in [1.54, 1.807) is 23.1 Å². The van der Waals surface area contributed by atoms with Gasteiger partial charge in [-0.25, -0.2) is 19.6 Å². The van der Waals surface area contributed by atoms with Crippen molar-refractivity contribution in [3.8, 4) is 17.3 Å². The molecule has 11 heteroatoms. The lowest BCUT2D eigenvalue weighted by Crippen LogP contribution is -2.32. The highest BCUT2D eigenvalue weighted by molar-refractivity contribution is 5.92. The van der Waals surface area contributed by atoms with Gasteiger partial charge >= 0.3 is 0 Å². The molecule has 11 nitrogen and oxygen atoms in total. The molecule has 6 rings (SSSR count). The first-order valence-electron chi connectivity index (χ1n) is 11.2. The van der Waals surface area contributed by atoms with Gasteiger partial charge in [-0.2, -0.15) is 10.2 Å². The average Bonchev–Trinajstić information content (AvgIpc) is 3.53. The predicted octanol–water partition coefficient (Wildman–Crippen LogP) is 2.11. The molecule has 0 aromatic carbocycles. The normalized spacial score (nSPS) is 18.1. The summed E-state index contributed by atoms with van der Waals surface area (Å²) in [5.41, 5.74) is 1.73. The second-order valence-corrected chi connectivity index (χ2v) is 8.38. The molecular weight excluding hydrogens is 422 g/mol. The Bertz CT molecular complexity index is 1310. The number of hydrogen-bond donors (Lipinski definition) is 2. The number of aliphatic hydroxyl groups excluding tert-OH is 1. The molecule has 2 N–H and O–H groups in total. The van der Waals surface area contributed by atoms with Crippen LogP contribution in [0.2, 0.25) is 0 Å². The Kier molecular flexibility index (Phi) is 4.83. The van der Waals surface area contributed by atoms with E-state index < -0.39 is 0 Å². The number of rotatable bonds is 2. The smallest absolute Gasteiger partial charge is 0.222 e. The topological polar surface area (TPSA) is 119 Å². The summed E-state index contributed by atoms with van der Waals surface area (Å²) in [5.74, 6) is 3.36. The molecule has 2 aliphatic rings. The number of aryl methyl sites for hydroxylation is 2. The van der Waals surface area contributed by atoms with E-state index in [0.29, 0.717) is 36.5 Å². The van der Waals surface area contributed by atoms with Gasteiger partial charge in [0.1, 0.15) is 17.2 Å². The van der Waals surface area contributed by atoms with Gasteiger partial charge in [0, 0.05) is 45.0 Å². The summed E-state index contributed by atoms with van der Waals surface area (Å²) in [7, 11) is 1.84. The van der Waals surface area contributed by atoms with Crippen LogP contribution in [0.1, 0.15) is 19.3 Å². The molecule has 0 spiro atoms. The second-order valence-electron chi connectivity index (χ2n) is 8.38. The number of aliphatic hydroxyl groups is 1. The maximum atomic E-state index is 9.84. The lowest BCUT2D eigenvalue weighted by Gasteiger charge is -2.22. The molecule has 6 heterocycles. The summed E-state index contributed by atoms with van der Waals surface area (Å²) in [6, 6.07) is 3.89. The lowest BCUT2D eigenvalue weighted by molar-refractivity contribution is 0.265. The molecule has 170 valence electrons. The molecule has 4 aromatic rings. The van der Waals surface area contributed by atoms with Gasteiger partial charge in [0.05, 0.1) is 36.4 Å². The number of anilines is 3. The van der Waals surface area contributed by atoms with E-state index in [-0.39, 0.29) is 12.6 Å². The third-order valence-corrected chi connectivity index (χ3v) is 6.27. The zero-order valence-corrected chi connectivity index (χ0v) is 18.3. The van der Waals surface area contributed by atoms with Gasteiger partial charge in [-0.3, -0.25) is 4.68 Å². The fourth-order valence-corrected chi connectivity index (χ4v) is 4.63. The molecule has 0 amide bonds. The van der Waals surface area contributed by atoms with Gasteiger partial charge in [0.15, 0.2) is 11.6 Å². The maximum absolute atomic E-state index is 9.84. The molecular formula is C22H25N9O2. The zero-order valence-electron chi connectivity index (χ0n) is 18.3. The highest BCUT2D eigenvalue weighted by Gasteiger charge is 2.28. The summed E-state index contributed by atoms with van der Waals surface area (Å²) in [6.07, 6.45) is 8.05. The molecule has 2 aliphatic heterocycles. The Morgan fingerprint density at radius 2 is 2.12 bits per heavy atom. The zero-order chi connectivity index (χ0) is 22.4. The molecule has 0 saturated carbocycles. The minimum Gasteiger partial charge on any atom is -0.477 e. The Morgan fingerprint density at radius 1 is 1.18 bits per heavy atom. The first-order valence-corrected chi connectivity index (χ1v) is 11.2. The standard InChI is InChI=1S/C22H25N9O2/c1-29-22-16(12-25-29)20-23-6-5-18(27-20)26-19-10-17-15(11-24-19)21(28-31(17)8-3-9-33-22)30-7-2-4-14(30)13-32/h5-6,10-12,14,32H,2-4,7-9,13H2,1H3,(H,23,24,26,27). The van der Waals surface area contributed by atoms with Crippen LogP contribution in [0, 0.1) is 0 Å². The van der Waals surface area contributed by atoms with Crippen LogP contribution < -0.4 is 15.0 Å². The van der Waals surface area contributed by atoms with E-state index in [9.17, 15) is 5.11 Å². The number of pyridine rings is 1. The van der Waals surface area contributed by atoms with Crippen molar-refractivity contribution in [3.63, 3.8) is 0 Å². The van der Waals surface area contributed by atoms with Gasteiger partial charge in [0.2, 0.25) is 5.88 Å². The number of aromatic nitrogens is 7. The third kappa shape index (κ3) is 3.44. The SMILES string of the molecule is Cn1ncc2c1OCCCn1nc(N3CCCC3CO)c3cnc(cc31)Nc1ccnc-2n1. The van der Waals surface area contributed by atoms with Gasteiger partial charge in [-0.1, -0.05) is 0 Å². The van der Waals surface area contributed by atoms with Gasteiger partial charge in [0.25, 0.3) is 0 Å². The Balaban J connectivity index is 1.44. The van der Waals surface area contributed by atoms with Crippen molar-refractivity contribution >= 4 is 28.4 Å². The van der Waals surface area contributed by atoms with Crippen molar-refractivity contribution in [1.82, 2.24) is 34.5 Å². The number of nitrogens with one attached hydrogen (secondary N) is 1. The van der Waals surface area contributed by atoms with E-state index in [2.05, 4.69) is 30.3 Å². The van der Waals surface area contributed by atoms with Crippen molar-refractivity contribution in [2.75, 3.05) is 30.0 Å². The Labute approximate surface area is 190 Å². The second kappa shape index (κ2) is 8.00. The lowest BCUT2D eigenvalue weighted by atomic mass is 10.2. The van der Waals surface area contributed by atoms with Crippen molar-refractivity contribution in [3.05, 3.63) is 30.7 Å². The van der Waals surface area contributed by atoms with Crippen molar-refractivity contribution < 1.29 is 9.84 Å². The van der Waals surface area contributed by atoms with E-state index in [4.69, 9.17) is 9.84 Å². The molecule has 4 aromatic heterocycles. The van der Waals surface area contributed by atoms with Crippen molar-refractivity contribution in [1.29, 1.82) is 0 Å². The van der Waals surface area contributed by atoms with E-state index >= 15 is 0 Å². The molecule has 1 unspecified atom stereocenters. The molecule has 1 saturated heterocycles. The minimum absolute atomic E-state index is 0.0921. The average molecular weight is 448 g/mol. The maximum Gasteiger partial charge on any atom is 0.222 e. The quantitative estimate of drug-likeness (QED) is 0.476. The van der Waals surface area contributed by atoms with Gasteiger partial charge < -0.3 is 20.1 Å². The summed E-state index contributed by atoms with van der Waals surface area (Å²) in [6.45, 7) is 2.19. The van der Waals surface area contributed by atoms with Gasteiger partial charge in [-0.15, -0.1) is 0 Å². The van der Waals surface area contributed by atoms with Gasteiger partial charge in [-0.05, 0) is 18.9 Å². The van der Waals surface area contributed by atoms with E-state index in [1.165, 1.54) is 0 Å². The number of nitrogens with zero attached hydrogens (tertiary/aromatic N) is 8. The van der Waals surface area contributed by atoms with Crippen LogP contribution in [-0.4, -0.2) is 65.4 Å². The van der Waals surface area contributed by atoms with Crippen LogP contribution >= 0.6 is 0 Å². The first kappa shape index (κ1) is 19.9. The Hall–Kier alpha value is -3.73. The van der Waals surface area contributed by atoms with Crippen LogP contribution in [0.25, 0.3) is 22.3 Å². The van der Waals surface area contributed by atoms with Crippen molar-refractivity contribution in [2.24, 2.45) is 7.05 Å². The number of hydrogen-bond acceptors (Lipinski definition) is 9. The van der Waals surface area contributed by atoms with E-state index in [0.717, 1.165) is 48.1 Å². The van der Waals surface area contributed by atoms with E-state index in [1.807, 2.05) is 24.0 Å². The summed E-state index contributed by atoms with van der Waals surface area (Å²) >= 11 is 0.